The zero-order chi connectivity index (χ0) is 52.8. The molecule has 6 rings (SSSR count). The Balaban J connectivity index is 1.46. The van der Waals surface area contributed by atoms with Crippen LogP contribution in [-0.2, 0) is 65.4 Å². The van der Waals surface area contributed by atoms with Gasteiger partial charge in [-0.15, -0.1) is 0 Å². The van der Waals surface area contributed by atoms with Crippen molar-refractivity contribution in [3.05, 3.63) is 120 Å². The number of hydrogen-bond acceptors (Lipinski definition) is 15. The van der Waals surface area contributed by atoms with Crippen molar-refractivity contribution < 1.29 is 63.9 Å². The fourth-order valence-electron chi connectivity index (χ4n) is 8.34. The van der Waals surface area contributed by atoms with Gasteiger partial charge in [0, 0.05) is 50.4 Å². The normalized spacial score (nSPS) is 18.8. The third kappa shape index (κ3) is 17.5. The molecule has 7 N–H and O–H groups in total. The van der Waals surface area contributed by atoms with Crippen molar-refractivity contribution in [3.63, 3.8) is 0 Å². The molecule has 73 heavy (non-hydrogen) atoms. The number of benzene rings is 4. The highest BCUT2D eigenvalue weighted by Gasteiger charge is 2.43. The fraction of sp³-hybridized carbons (Fsp3) is 0.480. The maximum atomic E-state index is 15.2. The van der Waals surface area contributed by atoms with Gasteiger partial charge >= 0.3 is 20.0 Å². The highest BCUT2D eigenvalue weighted by atomic mass is 32.2. The van der Waals surface area contributed by atoms with E-state index < -0.39 is 89.6 Å². The van der Waals surface area contributed by atoms with Crippen molar-refractivity contribution in [1.82, 2.24) is 19.2 Å². The van der Waals surface area contributed by atoms with Crippen LogP contribution in [0.4, 0.5) is 21.0 Å². The molecule has 23 heteroatoms. The summed E-state index contributed by atoms with van der Waals surface area (Å²) in [5.41, 5.74) is 13.8. The van der Waals surface area contributed by atoms with Gasteiger partial charge in [0.1, 0.15) is 24.4 Å². The quantitative estimate of drug-likeness (QED) is 0.0358. The van der Waals surface area contributed by atoms with E-state index in [0.29, 0.717) is 48.6 Å². The number of hydrogen-bond donors (Lipinski definition) is 5. The minimum Gasteiger partial charge on any atom is -0.444 e. The lowest BCUT2D eigenvalue weighted by Crippen LogP contribution is -2.53. The van der Waals surface area contributed by atoms with Gasteiger partial charge in [0.25, 0.3) is 0 Å². The number of rotatable bonds is 26. The van der Waals surface area contributed by atoms with Crippen LogP contribution in [0.5, 0.6) is 0 Å². The summed E-state index contributed by atoms with van der Waals surface area (Å²) in [6.45, 7) is 6.69. The first-order chi connectivity index (χ1) is 34.7. The SMILES string of the molecule is CC(C)CN(CC(OP(=O)(O)OC(CN(CC(C)C)S(=O)(=O)c1ccc(N)cc1)C(Cc1ccccc1)NC(=O)OC1CCOC1)C(Cc1ccccc1)NC(=O)OC1CCOC1)S(=O)(=O)c1ccc(N)cc1. The summed E-state index contributed by atoms with van der Waals surface area (Å²) in [4.78, 5) is 39.7. The molecular weight excluding hydrogens is 1000 g/mol. The van der Waals surface area contributed by atoms with Gasteiger partial charge in [-0.3, -0.25) is 9.05 Å². The Morgan fingerprint density at radius 3 is 1.29 bits per heavy atom. The van der Waals surface area contributed by atoms with Crippen molar-refractivity contribution in [2.75, 3.05) is 64.1 Å². The van der Waals surface area contributed by atoms with E-state index in [2.05, 4.69) is 10.6 Å². The number of nitrogen functional groups attached to an aromatic ring is 2. The number of anilines is 2. The molecule has 2 fully saturated rings. The molecule has 400 valence electrons. The van der Waals surface area contributed by atoms with E-state index in [1.165, 1.54) is 48.5 Å². The molecule has 0 bridgehead atoms. The number of phosphoric ester groups is 1. The fourth-order valence-corrected chi connectivity index (χ4v) is 12.7. The van der Waals surface area contributed by atoms with E-state index in [4.69, 9.17) is 39.5 Å². The predicted octanol–water partition coefficient (Wildman–Crippen LogP) is 5.97. The van der Waals surface area contributed by atoms with Crippen LogP contribution in [0.3, 0.4) is 0 Å². The number of alkyl carbamates (subject to hydrolysis) is 2. The molecule has 4 aromatic carbocycles. The van der Waals surface area contributed by atoms with E-state index >= 15 is 4.57 Å². The molecule has 20 nitrogen and oxygen atoms in total. The van der Waals surface area contributed by atoms with Crippen molar-refractivity contribution in [1.29, 1.82) is 0 Å². The number of phosphoric acid groups is 1. The van der Waals surface area contributed by atoms with Crippen molar-refractivity contribution >= 4 is 51.4 Å². The molecular formula is C50H69N6O14PS2. The van der Waals surface area contributed by atoms with E-state index in [1.807, 2.05) is 0 Å². The first kappa shape index (κ1) is 57.2. The van der Waals surface area contributed by atoms with Crippen LogP contribution in [0.1, 0.15) is 51.7 Å². The van der Waals surface area contributed by atoms with Crippen LogP contribution in [-0.4, -0.2) is 132 Å². The summed E-state index contributed by atoms with van der Waals surface area (Å²) < 4.78 is 111. The van der Waals surface area contributed by atoms with Gasteiger partial charge in [0.2, 0.25) is 20.0 Å². The second-order valence-electron chi connectivity index (χ2n) is 19.0. The van der Waals surface area contributed by atoms with Crippen LogP contribution < -0.4 is 22.1 Å². The number of sulfonamides is 2. The van der Waals surface area contributed by atoms with Gasteiger partial charge in [-0.1, -0.05) is 88.4 Å². The Labute approximate surface area is 428 Å². The van der Waals surface area contributed by atoms with Crippen LogP contribution in [0.2, 0.25) is 0 Å². The second-order valence-corrected chi connectivity index (χ2v) is 24.2. The number of nitrogens with two attached hydrogens (primary N) is 2. The third-order valence-electron chi connectivity index (χ3n) is 11.9. The van der Waals surface area contributed by atoms with Gasteiger partial charge in [-0.05, 0) is 84.3 Å². The number of carbonyl (C=O) groups excluding carboxylic acids is 2. The summed E-state index contributed by atoms with van der Waals surface area (Å²) >= 11 is 0. The van der Waals surface area contributed by atoms with Crippen molar-refractivity contribution in [2.24, 2.45) is 11.8 Å². The zero-order valence-corrected chi connectivity index (χ0v) is 44.1. The summed E-state index contributed by atoms with van der Waals surface area (Å²) in [6.07, 6.45) is -5.74. The molecule has 2 saturated heterocycles. The molecule has 2 aliphatic rings. The van der Waals surface area contributed by atoms with Gasteiger partial charge in [-0.2, -0.15) is 8.61 Å². The largest absolute Gasteiger partial charge is 0.472 e. The average Bonchev–Trinajstić information content (AvgIpc) is 4.06. The number of amides is 2. The number of nitrogens with one attached hydrogen (secondary N) is 2. The Morgan fingerprint density at radius 1 is 0.616 bits per heavy atom. The molecule has 0 spiro atoms. The number of carbonyl (C=O) groups is 2. The highest BCUT2D eigenvalue weighted by Crippen LogP contribution is 2.48. The molecule has 2 heterocycles. The Morgan fingerprint density at radius 2 is 0.973 bits per heavy atom. The smallest absolute Gasteiger partial charge is 0.444 e. The van der Waals surface area contributed by atoms with Crippen LogP contribution in [0, 0.1) is 11.8 Å². The lowest BCUT2D eigenvalue weighted by molar-refractivity contribution is 0.0252. The molecule has 4 aromatic rings. The summed E-state index contributed by atoms with van der Waals surface area (Å²) in [6, 6.07) is 26.1. The molecule has 6 unspecified atom stereocenters. The van der Waals surface area contributed by atoms with Crippen LogP contribution in [0.15, 0.2) is 119 Å². The monoisotopic (exact) mass is 1070 g/mol. The number of nitrogens with zero attached hydrogens (tertiary/aromatic N) is 2. The van der Waals surface area contributed by atoms with Crippen LogP contribution >= 0.6 is 7.82 Å². The van der Waals surface area contributed by atoms with Gasteiger partial charge in [0.05, 0.1) is 48.3 Å². The maximum absolute atomic E-state index is 15.2. The first-order valence-electron chi connectivity index (χ1n) is 24.3. The van der Waals surface area contributed by atoms with Crippen molar-refractivity contribution in [3.8, 4) is 0 Å². The molecule has 0 aliphatic carbocycles. The molecule has 2 aliphatic heterocycles. The lowest BCUT2D eigenvalue weighted by Gasteiger charge is -2.36. The van der Waals surface area contributed by atoms with E-state index in [9.17, 15) is 31.3 Å². The minimum atomic E-state index is -5.61. The second kappa shape index (κ2) is 26.4. The molecule has 2 amide bonds. The Bertz CT molecular complexity index is 2460. The van der Waals surface area contributed by atoms with Gasteiger partial charge in [0.15, 0.2) is 0 Å². The Hall–Kier alpha value is -5.13. The molecule has 6 atom stereocenters. The highest BCUT2D eigenvalue weighted by molar-refractivity contribution is 7.89. The molecule has 0 radical (unpaired) electrons. The predicted molar refractivity (Wildman–Crippen MR) is 274 cm³/mol. The minimum absolute atomic E-state index is 0.0699. The third-order valence-corrected chi connectivity index (χ3v) is 16.7. The Kier molecular flexibility index (Phi) is 20.7. The summed E-state index contributed by atoms with van der Waals surface area (Å²) in [5, 5.41) is 5.58. The molecule has 0 saturated carbocycles. The van der Waals surface area contributed by atoms with Gasteiger partial charge in [-0.25, -0.2) is 31.0 Å². The van der Waals surface area contributed by atoms with E-state index in [1.54, 1.807) is 88.4 Å². The average molecular weight is 1070 g/mol. The summed E-state index contributed by atoms with van der Waals surface area (Å²) in [7, 11) is -14.4. The first-order valence-corrected chi connectivity index (χ1v) is 28.6. The maximum Gasteiger partial charge on any atom is 0.472 e. The van der Waals surface area contributed by atoms with Crippen LogP contribution in [0.25, 0.3) is 0 Å². The summed E-state index contributed by atoms with van der Waals surface area (Å²) in [5.74, 6) is -0.595. The van der Waals surface area contributed by atoms with Crippen molar-refractivity contribution in [2.45, 2.75) is 99.7 Å². The lowest BCUT2D eigenvalue weighted by atomic mass is 10.0. The zero-order valence-electron chi connectivity index (χ0n) is 41.6. The number of ether oxygens (including phenoxy) is 4. The topological polar surface area (TPSA) is 278 Å². The molecule has 0 aromatic heterocycles. The van der Waals surface area contributed by atoms with E-state index in [0.717, 1.165) is 8.61 Å². The standard InChI is InChI=1S/C50H69N6O14PS2/c1-35(2)29-55(72(61,62)43-19-15-39(51)16-20-43)31-47(45(27-37-11-7-5-8-12-37)53-49(57)67-41-23-25-65-33-41)69-71(59,60)70-48(32-56(30-36(3)4)73(63,64)44-21-17-40(52)18-22-44)46(28-38-13-9-6-10-14-38)54-50(58)68-42-24-26-66-34-42/h5-22,35-36,41-42,45-48H,23-34,51-52H2,1-4H3,(H,53,57)(H,54,58)(H,59,60). The van der Waals surface area contributed by atoms with Gasteiger partial charge < -0.3 is 45.9 Å². The van der Waals surface area contributed by atoms with E-state index in [-0.39, 0.29) is 60.8 Å².